The van der Waals surface area contributed by atoms with E-state index < -0.39 is 23.0 Å². The number of piperazine rings is 1. The van der Waals surface area contributed by atoms with Gasteiger partial charge in [-0.2, -0.15) is 0 Å². The van der Waals surface area contributed by atoms with Crippen LogP contribution < -0.4 is 10.6 Å². The first-order chi connectivity index (χ1) is 13.9. The number of nitrogens with one attached hydrogen (secondary N) is 2. The molecule has 2 amide bonds. The van der Waals surface area contributed by atoms with Crippen LogP contribution in [0.3, 0.4) is 0 Å². The van der Waals surface area contributed by atoms with Gasteiger partial charge in [-0.05, 0) is 31.7 Å². The molecule has 2 aliphatic rings. The van der Waals surface area contributed by atoms with E-state index in [1.807, 2.05) is 0 Å². The van der Waals surface area contributed by atoms with Gasteiger partial charge in [0.25, 0.3) is 5.69 Å². The van der Waals surface area contributed by atoms with Gasteiger partial charge in [-0.1, -0.05) is 0 Å². The number of urea groups is 1. The summed E-state index contributed by atoms with van der Waals surface area (Å²) in [6, 6.07) is 4.62. The Morgan fingerprint density at radius 1 is 1.24 bits per heavy atom. The average Bonchev–Trinajstić information content (AvgIpc) is 2.69. The molecule has 0 spiro atoms. The van der Waals surface area contributed by atoms with E-state index in [4.69, 9.17) is 4.74 Å². The van der Waals surface area contributed by atoms with E-state index in [9.17, 15) is 19.7 Å². The molecule has 2 N–H and O–H groups in total. The predicted octanol–water partition coefficient (Wildman–Crippen LogP) is 1.01. The Hall–Kier alpha value is -2.98. The summed E-state index contributed by atoms with van der Waals surface area (Å²) in [5, 5.41) is 16.4. The molecule has 10 nitrogen and oxygen atoms in total. The van der Waals surface area contributed by atoms with Crippen LogP contribution in [0.2, 0.25) is 0 Å². The normalized spacial score (nSPS) is 20.8. The van der Waals surface area contributed by atoms with Gasteiger partial charge in [-0.25, -0.2) is 9.59 Å². The van der Waals surface area contributed by atoms with Crippen molar-refractivity contribution >= 4 is 17.7 Å². The number of carbonyl (C=O) groups is 2. The molecule has 0 saturated carbocycles. The fourth-order valence-electron chi connectivity index (χ4n) is 3.46. The first kappa shape index (κ1) is 20.7. The van der Waals surface area contributed by atoms with Crippen LogP contribution in [-0.2, 0) is 9.53 Å². The third kappa shape index (κ3) is 4.90. The minimum atomic E-state index is -0.744. The summed E-state index contributed by atoms with van der Waals surface area (Å²) < 4.78 is 5.24. The molecule has 1 unspecified atom stereocenters. The molecule has 10 heteroatoms. The van der Waals surface area contributed by atoms with Gasteiger partial charge in [0, 0.05) is 50.6 Å². The molecule has 2 aliphatic heterocycles. The second-order valence-electron chi connectivity index (χ2n) is 7.07. The summed E-state index contributed by atoms with van der Waals surface area (Å²) >= 11 is 0. The predicted molar refractivity (Wildman–Crippen MR) is 105 cm³/mol. The van der Waals surface area contributed by atoms with Gasteiger partial charge in [0.05, 0.1) is 23.1 Å². The Balaban J connectivity index is 1.95. The van der Waals surface area contributed by atoms with E-state index in [2.05, 4.69) is 27.5 Å². The minimum absolute atomic E-state index is 0.0617. The molecule has 1 aromatic carbocycles. The highest BCUT2D eigenvalue weighted by Crippen LogP contribution is 2.29. The molecule has 3 rings (SSSR count). The van der Waals surface area contributed by atoms with Crippen molar-refractivity contribution in [1.82, 2.24) is 20.4 Å². The number of benzene rings is 1. The lowest BCUT2D eigenvalue weighted by atomic mass is 9.94. The Bertz CT molecular complexity index is 815. The summed E-state index contributed by atoms with van der Waals surface area (Å²) in [4.78, 5) is 39.9. The molecule has 1 atom stereocenters. The van der Waals surface area contributed by atoms with Crippen LogP contribution in [0, 0.1) is 10.1 Å². The third-order valence-corrected chi connectivity index (χ3v) is 5.06. The van der Waals surface area contributed by atoms with Crippen molar-refractivity contribution in [3.63, 3.8) is 0 Å². The number of carbonyl (C=O) groups excluding carboxylic acids is 2. The molecule has 0 radical (unpaired) electrons. The van der Waals surface area contributed by atoms with Crippen molar-refractivity contribution in [2.45, 2.75) is 13.0 Å². The number of nitro groups is 1. The molecule has 0 aliphatic carbocycles. The van der Waals surface area contributed by atoms with Gasteiger partial charge in [-0.3, -0.25) is 15.0 Å². The molecule has 1 aromatic rings. The van der Waals surface area contributed by atoms with E-state index in [0.717, 1.165) is 26.2 Å². The molecule has 1 fully saturated rings. The molecule has 1 saturated heterocycles. The van der Waals surface area contributed by atoms with E-state index >= 15 is 0 Å². The number of amides is 2. The summed E-state index contributed by atoms with van der Waals surface area (Å²) in [6.45, 7) is 5.78. The zero-order chi connectivity index (χ0) is 21.0. The molecule has 29 heavy (non-hydrogen) atoms. The van der Waals surface area contributed by atoms with Gasteiger partial charge < -0.3 is 20.3 Å². The Labute approximate surface area is 168 Å². The smallest absolute Gasteiger partial charge is 0.338 e. The first-order valence-corrected chi connectivity index (χ1v) is 9.52. The number of hydrogen-bond acceptors (Lipinski definition) is 7. The first-order valence-electron chi connectivity index (χ1n) is 9.52. The van der Waals surface area contributed by atoms with E-state index in [-0.39, 0.29) is 12.3 Å². The average molecular weight is 403 g/mol. The minimum Gasteiger partial charge on any atom is -0.463 e. The maximum absolute atomic E-state index is 12.8. The molecular formula is C19H25N5O5. The number of ether oxygens (including phenoxy) is 1. The Morgan fingerprint density at radius 3 is 2.48 bits per heavy atom. The Kier molecular flexibility index (Phi) is 6.45. The molecule has 156 valence electrons. The van der Waals surface area contributed by atoms with Gasteiger partial charge >= 0.3 is 12.0 Å². The maximum Gasteiger partial charge on any atom is 0.338 e. The van der Waals surface area contributed by atoms with Crippen molar-refractivity contribution in [3.05, 3.63) is 51.2 Å². The topological polar surface area (TPSA) is 117 Å². The lowest BCUT2D eigenvalue weighted by Gasteiger charge is -2.35. The summed E-state index contributed by atoms with van der Waals surface area (Å²) in [5.41, 5.74) is 1.33. The fraction of sp³-hybridized carbons (Fsp3) is 0.474. The van der Waals surface area contributed by atoms with Crippen LogP contribution >= 0.6 is 0 Å². The molecule has 2 heterocycles. The second kappa shape index (κ2) is 9.01. The van der Waals surface area contributed by atoms with Crippen molar-refractivity contribution in [3.8, 4) is 0 Å². The van der Waals surface area contributed by atoms with Gasteiger partial charge in [0.2, 0.25) is 0 Å². The fourth-order valence-corrected chi connectivity index (χ4v) is 3.46. The van der Waals surface area contributed by atoms with Crippen LogP contribution in [-0.4, -0.2) is 73.1 Å². The van der Waals surface area contributed by atoms with Crippen molar-refractivity contribution in [1.29, 1.82) is 0 Å². The number of rotatable bonds is 6. The lowest BCUT2D eigenvalue weighted by molar-refractivity contribution is -0.384. The summed E-state index contributed by atoms with van der Waals surface area (Å²) in [6.07, 6.45) is 0. The van der Waals surface area contributed by atoms with Gasteiger partial charge in [0.1, 0.15) is 0 Å². The zero-order valence-electron chi connectivity index (χ0n) is 16.5. The van der Waals surface area contributed by atoms with Gasteiger partial charge in [0.15, 0.2) is 0 Å². The van der Waals surface area contributed by atoms with E-state index in [0.29, 0.717) is 23.4 Å². The van der Waals surface area contributed by atoms with Crippen molar-refractivity contribution in [2.75, 3.05) is 46.4 Å². The van der Waals surface area contributed by atoms with Gasteiger partial charge in [-0.15, -0.1) is 0 Å². The van der Waals surface area contributed by atoms with E-state index in [1.165, 1.54) is 12.1 Å². The SMILES string of the molecule is CCOC(=O)C1=C(CN2CCN(C)CC2)NC(=O)NC1c1ccc([N+](=O)[O-])cc1. The van der Waals surface area contributed by atoms with Crippen LogP contribution in [0.15, 0.2) is 35.5 Å². The number of esters is 1. The lowest BCUT2D eigenvalue weighted by Crippen LogP contribution is -2.51. The quantitative estimate of drug-likeness (QED) is 0.414. The highest BCUT2D eigenvalue weighted by molar-refractivity contribution is 5.95. The molecule has 0 aromatic heterocycles. The van der Waals surface area contributed by atoms with Crippen molar-refractivity contribution < 1.29 is 19.2 Å². The molecule has 0 bridgehead atoms. The second-order valence-corrected chi connectivity index (χ2v) is 7.07. The zero-order valence-corrected chi connectivity index (χ0v) is 16.5. The maximum atomic E-state index is 12.8. The van der Waals surface area contributed by atoms with Crippen molar-refractivity contribution in [2.24, 2.45) is 0 Å². The number of hydrogen-bond donors (Lipinski definition) is 2. The van der Waals surface area contributed by atoms with Crippen LogP contribution in [0.4, 0.5) is 10.5 Å². The monoisotopic (exact) mass is 403 g/mol. The number of likely N-dealkylation sites (N-methyl/N-ethyl adjacent to an activating group) is 1. The number of nitrogens with zero attached hydrogens (tertiary/aromatic N) is 3. The Morgan fingerprint density at radius 2 is 1.90 bits per heavy atom. The largest absolute Gasteiger partial charge is 0.463 e. The molecular weight excluding hydrogens is 378 g/mol. The summed E-state index contributed by atoms with van der Waals surface area (Å²) in [7, 11) is 2.05. The van der Waals surface area contributed by atoms with Crippen LogP contribution in [0.1, 0.15) is 18.5 Å². The highest BCUT2D eigenvalue weighted by Gasteiger charge is 2.34. The number of non-ortho nitro benzene ring substituents is 1. The number of nitro benzene ring substituents is 1. The van der Waals surface area contributed by atoms with Crippen LogP contribution in [0.25, 0.3) is 0 Å². The summed E-state index contributed by atoms with van der Waals surface area (Å²) in [5.74, 6) is -0.521. The third-order valence-electron chi connectivity index (χ3n) is 5.06. The van der Waals surface area contributed by atoms with Crippen LogP contribution in [0.5, 0.6) is 0 Å². The standard InChI is InChI=1S/C19H25N5O5/c1-3-29-18(25)16-15(12-23-10-8-22(2)9-11-23)20-19(26)21-17(16)13-4-6-14(7-5-13)24(27)28/h4-7,17H,3,8-12H2,1-2H3,(H2,20,21,26). The highest BCUT2D eigenvalue weighted by atomic mass is 16.6. The van der Waals surface area contributed by atoms with E-state index in [1.54, 1.807) is 19.1 Å².